The fourth-order valence-electron chi connectivity index (χ4n) is 4.19. The van der Waals surface area contributed by atoms with Gasteiger partial charge in [0, 0.05) is 25.0 Å². The molecule has 0 saturated carbocycles. The molecule has 0 aliphatic carbocycles. The molecule has 1 fully saturated rings. The van der Waals surface area contributed by atoms with Gasteiger partial charge in [0.05, 0.1) is 12.1 Å². The van der Waals surface area contributed by atoms with E-state index in [4.69, 9.17) is 10.1 Å². The van der Waals surface area contributed by atoms with Crippen molar-refractivity contribution in [2.45, 2.75) is 39.2 Å². The van der Waals surface area contributed by atoms with E-state index in [1.54, 1.807) is 6.08 Å². The number of rotatable bonds is 6. The topological polar surface area (TPSA) is 86.3 Å². The van der Waals surface area contributed by atoms with Crippen molar-refractivity contribution in [1.29, 1.82) is 5.41 Å². The van der Waals surface area contributed by atoms with E-state index < -0.39 is 5.91 Å². The zero-order valence-corrected chi connectivity index (χ0v) is 20.1. The van der Waals surface area contributed by atoms with Crippen LogP contribution in [0.4, 0.5) is 0 Å². The summed E-state index contributed by atoms with van der Waals surface area (Å²) in [5.74, 6) is 0.498. The van der Waals surface area contributed by atoms with Gasteiger partial charge in [-0.15, -0.1) is 5.10 Å². The number of hydrogen-bond donors (Lipinski definition) is 1. The van der Waals surface area contributed by atoms with E-state index in [9.17, 15) is 4.79 Å². The van der Waals surface area contributed by atoms with Crippen molar-refractivity contribution < 1.29 is 9.53 Å². The number of amidine groups is 3. The van der Waals surface area contributed by atoms with Crippen LogP contribution >= 0.6 is 11.8 Å². The molecular weight excluding hydrogens is 448 g/mol. The normalized spacial score (nSPS) is 19.4. The lowest BCUT2D eigenvalue weighted by molar-refractivity contribution is -0.114. The summed E-state index contributed by atoms with van der Waals surface area (Å²) in [4.78, 5) is 19.2. The Morgan fingerprint density at radius 3 is 2.68 bits per heavy atom. The Morgan fingerprint density at radius 2 is 1.91 bits per heavy atom. The molecule has 0 unspecified atom stereocenters. The summed E-state index contributed by atoms with van der Waals surface area (Å²) in [5.41, 5.74) is 2.34. The number of nitrogens with one attached hydrogen (secondary N) is 1. The van der Waals surface area contributed by atoms with E-state index >= 15 is 0 Å². The van der Waals surface area contributed by atoms with Crippen LogP contribution in [0.1, 0.15) is 37.4 Å². The van der Waals surface area contributed by atoms with Gasteiger partial charge in [-0.05, 0) is 73.4 Å². The van der Waals surface area contributed by atoms with Crippen LogP contribution in [-0.2, 0) is 17.8 Å². The number of aryl methyl sites for hydroxylation is 1. The predicted octanol–water partition coefficient (Wildman–Crippen LogP) is 4.19. The molecule has 34 heavy (non-hydrogen) atoms. The number of piperidine rings is 1. The monoisotopic (exact) mass is 476 g/mol. The summed E-state index contributed by atoms with van der Waals surface area (Å²) < 4.78 is 7.89. The van der Waals surface area contributed by atoms with Crippen LogP contribution in [0, 0.1) is 5.41 Å². The number of carbonyl (C=O) groups excluding carboxylic acids is 1. The Labute approximate surface area is 203 Å². The second-order valence-electron chi connectivity index (χ2n) is 8.42. The number of thioether (sulfide) groups is 1. The first-order chi connectivity index (χ1) is 16.6. The van der Waals surface area contributed by atoms with Crippen LogP contribution < -0.4 is 4.74 Å². The van der Waals surface area contributed by atoms with E-state index in [-0.39, 0.29) is 11.4 Å². The second-order valence-corrected chi connectivity index (χ2v) is 9.36. The maximum Gasteiger partial charge on any atom is 0.283 e. The number of carbonyl (C=O) groups is 1. The summed E-state index contributed by atoms with van der Waals surface area (Å²) >= 11 is 1.37. The highest BCUT2D eigenvalue weighted by Gasteiger charge is 2.37. The number of aromatic nitrogens is 1. The van der Waals surface area contributed by atoms with Crippen molar-refractivity contribution in [1.82, 2.24) is 14.5 Å². The largest absolute Gasteiger partial charge is 0.492 e. The molecule has 1 N–H and O–H groups in total. The molecule has 0 bridgehead atoms. The van der Waals surface area contributed by atoms with E-state index in [0.29, 0.717) is 18.3 Å². The van der Waals surface area contributed by atoms with Crippen molar-refractivity contribution in [3.63, 3.8) is 0 Å². The first-order valence-electron chi connectivity index (χ1n) is 11.7. The number of hydrazone groups is 1. The van der Waals surface area contributed by atoms with Gasteiger partial charge in [0.1, 0.15) is 12.4 Å². The van der Waals surface area contributed by atoms with Crippen LogP contribution in [-0.4, -0.2) is 56.3 Å². The molecule has 1 amide bonds. The van der Waals surface area contributed by atoms with E-state index in [0.717, 1.165) is 49.0 Å². The molecule has 8 nitrogen and oxygen atoms in total. The van der Waals surface area contributed by atoms with Crippen LogP contribution in [0.2, 0.25) is 0 Å². The Bertz CT molecular complexity index is 1170. The molecule has 5 rings (SSSR count). The van der Waals surface area contributed by atoms with Crippen LogP contribution in [0.3, 0.4) is 0 Å². The molecule has 4 heterocycles. The minimum atomic E-state index is -0.404. The van der Waals surface area contributed by atoms with Crippen LogP contribution in [0.25, 0.3) is 6.08 Å². The number of fused-ring (bicyclic) bond motifs is 1. The summed E-state index contributed by atoms with van der Waals surface area (Å²) in [6.07, 6.45) is 8.18. The number of likely N-dealkylation sites (tertiary alicyclic amines) is 1. The van der Waals surface area contributed by atoms with E-state index in [2.05, 4.69) is 34.1 Å². The van der Waals surface area contributed by atoms with Crippen molar-refractivity contribution in [2.24, 2.45) is 10.1 Å². The third-order valence-corrected chi connectivity index (χ3v) is 7.13. The van der Waals surface area contributed by atoms with Gasteiger partial charge >= 0.3 is 0 Å². The fourth-order valence-corrected chi connectivity index (χ4v) is 5.13. The number of aliphatic imine (C=N–C) groups is 1. The summed E-state index contributed by atoms with van der Waals surface area (Å²) in [6, 6.07) is 12.0. The summed E-state index contributed by atoms with van der Waals surface area (Å²) in [7, 11) is 0. The highest BCUT2D eigenvalue weighted by Crippen LogP contribution is 2.30. The molecule has 3 aliphatic heterocycles. The molecule has 0 radical (unpaired) electrons. The van der Waals surface area contributed by atoms with Crippen LogP contribution in [0.5, 0.6) is 5.75 Å². The van der Waals surface area contributed by atoms with Crippen molar-refractivity contribution in [3.8, 4) is 5.75 Å². The Morgan fingerprint density at radius 1 is 1.12 bits per heavy atom. The van der Waals surface area contributed by atoms with Gasteiger partial charge < -0.3 is 14.2 Å². The molecular formula is C25H28N6O2S. The molecule has 2 aromatic rings. The SMILES string of the molecule is CCc1ccc(OCCn2cccc2/C=C2/C(=N)N3N=C(N4CCCCC4)SC3=NC2=O)cc1. The predicted molar refractivity (Wildman–Crippen MR) is 136 cm³/mol. The first-order valence-corrected chi connectivity index (χ1v) is 12.6. The molecule has 0 atom stereocenters. The maximum atomic E-state index is 12.8. The average Bonchev–Trinajstić information content (AvgIpc) is 3.50. The van der Waals surface area contributed by atoms with E-state index in [1.807, 2.05) is 35.0 Å². The highest BCUT2D eigenvalue weighted by atomic mass is 32.2. The lowest BCUT2D eigenvalue weighted by Gasteiger charge is -2.26. The summed E-state index contributed by atoms with van der Waals surface area (Å²) in [6.45, 7) is 5.15. The van der Waals surface area contributed by atoms with Gasteiger partial charge in [-0.2, -0.15) is 10.0 Å². The third kappa shape index (κ3) is 4.65. The van der Waals surface area contributed by atoms with Gasteiger partial charge in [-0.3, -0.25) is 10.2 Å². The average molecular weight is 477 g/mol. The Hall–Kier alpha value is -3.33. The van der Waals surface area contributed by atoms with Gasteiger partial charge in [0.2, 0.25) is 5.17 Å². The first kappa shape index (κ1) is 22.5. The minimum Gasteiger partial charge on any atom is -0.492 e. The summed E-state index contributed by atoms with van der Waals surface area (Å²) in [5, 5.41) is 16.0. The number of nitrogens with zero attached hydrogens (tertiary/aromatic N) is 5. The highest BCUT2D eigenvalue weighted by molar-refractivity contribution is 8.26. The number of hydrogen-bond acceptors (Lipinski definition) is 6. The number of benzene rings is 1. The number of ether oxygens (including phenoxy) is 1. The standard InChI is InChI=1S/C25H28N6O2S/c1-2-18-8-10-20(11-9-18)33-16-15-29-14-6-7-19(29)17-21-22(26)31-24(27-23(21)32)34-25(28-31)30-12-4-3-5-13-30/h6-11,14,17,26H,2-5,12-13,15-16H2,1H3/b21-17-,26-22?. The van der Waals surface area contributed by atoms with Gasteiger partial charge in [0.25, 0.3) is 5.91 Å². The lowest BCUT2D eigenvalue weighted by Crippen LogP contribution is -2.35. The van der Waals surface area contributed by atoms with Crippen LogP contribution in [0.15, 0.2) is 58.3 Å². The maximum absolute atomic E-state index is 12.8. The van der Waals surface area contributed by atoms with Crippen molar-refractivity contribution in [2.75, 3.05) is 19.7 Å². The van der Waals surface area contributed by atoms with Gasteiger partial charge in [-0.1, -0.05) is 19.1 Å². The van der Waals surface area contributed by atoms with Gasteiger partial charge in [-0.25, -0.2) is 0 Å². The third-order valence-electron chi connectivity index (χ3n) is 6.16. The second kappa shape index (κ2) is 9.89. The molecule has 9 heteroatoms. The van der Waals surface area contributed by atoms with Crippen molar-refractivity contribution in [3.05, 3.63) is 59.4 Å². The quantitative estimate of drug-likeness (QED) is 0.632. The molecule has 1 saturated heterocycles. The molecule has 1 aromatic carbocycles. The lowest BCUT2D eigenvalue weighted by atomic mass is 10.1. The fraction of sp³-hybridized carbons (Fsp3) is 0.360. The zero-order valence-electron chi connectivity index (χ0n) is 19.2. The zero-order chi connectivity index (χ0) is 23.5. The molecule has 1 aromatic heterocycles. The Kier molecular flexibility index (Phi) is 6.53. The minimum absolute atomic E-state index is 0.0644. The van der Waals surface area contributed by atoms with Crippen molar-refractivity contribution >= 4 is 39.9 Å². The Balaban J connectivity index is 1.28. The number of amides is 1. The smallest absolute Gasteiger partial charge is 0.283 e. The molecule has 0 spiro atoms. The molecule has 176 valence electrons. The van der Waals surface area contributed by atoms with E-state index in [1.165, 1.54) is 28.8 Å². The van der Waals surface area contributed by atoms with Gasteiger partial charge in [0.15, 0.2) is 11.0 Å². The molecule has 3 aliphatic rings.